The lowest BCUT2D eigenvalue weighted by molar-refractivity contribution is 0.283. The van der Waals surface area contributed by atoms with E-state index in [0.717, 1.165) is 25.7 Å². The number of hydrogen-bond donors (Lipinski definition) is 1. The highest BCUT2D eigenvalue weighted by Crippen LogP contribution is 2.17. The molecule has 1 aromatic heterocycles. The maximum Gasteiger partial charge on any atom is 0.0927 e. The van der Waals surface area contributed by atoms with E-state index in [4.69, 9.17) is 5.11 Å². The predicted octanol–water partition coefficient (Wildman–Crippen LogP) is 2.80. The van der Waals surface area contributed by atoms with Crippen molar-refractivity contribution in [3.63, 3.8) is 0 Å². The topological polar surface area (TPSA) is 33.1 Å². The van der Waals surface area contributed by atoms with Crippen molar-refractivity contribution in [2.75, 3.05) is 6.61 Å². The van der Waals surface area contributed by atoms with Crippen LogP contribution in [-0.4, -0.2) is 16.7 Å². The van der Waals surface area contributed by atoms with Crippen LogP contribution in [0.15, 0.2) is 6.20 Å². The van der Waals surface area contributed by atoms with Crippen molar-refractivity contribution in [3.05, 3.63) is 16.1 Å². The SMILES string of the molecule is CCCc1ncc(CCCCCO)s1. The summed E-state index contributed by atoms with van der Waals surface area (Å²) in [4.78, 5) is 5.77. The van der Waals surface area contributed by atoms with E-state index in [-0.39, 0.29) is 0 Å². The smallest absolute Gasteiger partial charge is 0.0927 e. The van der Waals surface area contributed by atoms with E-state index in [1.807, 2.05) is 17.5 Å². The molecule has 0 amide bonds. The van der Waals surface area contributed by atoms with Gasteiger partial charge in [0, 0.05) is 17.7 Å². The summed E-state index contributed by atoms with van der Waals surface area (Å²) >= 11 is 1.84. The Hall–Kier alpha value is -0.410. The van der Waals surface area contributed by atoms with Crippen molar-refractivity contribution >= 4 is 11.3 Å². The van der Waals surface area contributed by atoms with Crippen LogP contribution in [0.2, 0.25) is 0 Å². The molecule has 0 saturated carbocycles. The second kappa shape index (κ2) is 6.96. The maximum absolute atomic E-state index is 8.63. The Morgan fingerprint density at radius 2 is 2.14 bits per heavy atom. The Morgan fingerprint density at radius 3 is 2.86 bits per heavy atom. The molecule has 0 saturated heterocycles. The summed E-state index contributed by atoms with van der Waals surface area (Å²) < 4.78 is 0. The number of unbranched alkanes of at least 4 members (excludes halogenated alkanes) is 2. The fourth-order valence-corrected chi connectivity index (χ4v) is 2.45. The molecule has 1 rings (SSSR count). The average molecular weight is 213 g/mol. The minimum Gasteiger partial charge on any atom is -0.396 e. The second-order valence-corrected chi connectivity index (χ2v) is 4.70. The van der Waals surface area contributed by atoms with Gasteiger partial charge in [-0.25, -0.2) is 4.98 Å². The normalized spacial score (nSPS) is 10.7. The first-order chi connectivity index (χ1) is 6.86. The molecule has 0 aliphatic rings. The summed E-state index contributed by atoms with van der Waals surface area (Å²) in [6.45, 7) is 2.51. The van der Waals surface area contributed by atoms with E-state index in [1.54, 1.807) is 0 Å². The molecule has 1 N–H and O–H groups in total. The number of aliphatic hydroxyl groups excluding tert-OH is 1. The van der Waals surface area contributed by atoms with Crippen molar-refractivity contribution < 1.29 is 5.11 Å². The van der Waals surface area contributed by atoms with Crippen molar-refractivity contribution in [2.24, 2.45) is 0 Å². The number of hydrogen-bond acceptors (Lipinski definition) is 3. The fraction of sp³-hybridized carbons (Fsp3) is 0.727. The second-order valence-electron chi connectivity index (χ2n) is 3.50. The molecule has 0 aliphatic carbocycles. The highest BCUT2D eigenvalue weighted by atomic mass is 32.1. The first-order valence-electron chi connectivity index (χ1n) is 5.41. The van der Waals surface area contributed by atoms with Gasteiger partial charge >= 0.3 is 0 Å². The van der Waals surface area contributed by atoms with Gasteiger partial charge in [0.15, 0.2) is 0 Å². The Morgan fingerprint density at radius 1 is 1.29 bits per heavy atom. The highest BCUT2D eigenvalue weighted by Gasteiger charge is 2.00. The van der Waals surface area contributed by atoms with Crippen LogP contribution >= 0.6 is 11.3 Å². The van der Waals surface area contributed by atoms with Gasteiger partial charge in [0.2, 0.25) is 0 Å². The van der Waals surface area contributed by atoms with Gasteiger partial charge in [0.25, 0.3) is 0 Å². The first-order valence-corrected chi connectivity index (χ1v) is 6.23. The van der Waals surface area contributed by atoms with Crippen molar-refractivity contribution in [3.8, 4) is 0 Å². The molecule has 2 nitrogen and oxygen atoms in total. The molecular weight excluding hydrogens is 194 g/mol. The van der Waals surface area contributed by atoms with Gasteiger partial charge in [-0.05, 0) is 32.1 Å². The van der Waals surface area contributed by atoms with Crippen LogP contribution in [0.25, 0.3) is 0 Å². The van der Waals surface area contributed by atoms with Crippen LogP contribution in [0.3, 0.4) is 0 Å². The van der Waals surface area contributed by atoms with Crippen LogP contribution in [0.5, 0.6) is 0 Å². The van der Waals surface area contributed by atoms with Gasteiger partial charge in [0.1, 0.15) is 0 Å². The molecule has 0 fully saturated rings. The first kappa shape index (κ1) is 11.7. The van der Waals surface area contributed by atoms with Gasteiger partial charge < -0.3 is 5.11 Å². The van der Waals surface area contributed by atoms with Crippen molar-refractivity contribution in [1.82, 2.24) is 4.98 Å². The van der Waals surface area contributed by atoms with Crippen molar-refractivity contribution in [2.45, 2.75) is 45.4 Å². The predicted molar refractivity (Wildman–Crippen MR) is 60.7 cm³/mol. The molecule has 0 atom stereocenters. The summed E-state index contributed by atoms with van der Waals surface area (Å²) in [6, 6.07) is 0. The van der Waals surface area contributed by atoms with E-state index in [0.29, 0.717) is 6.61 Å². The zero-order valence-corrected chi connectivity index (χ0v) is 9.65. The molecule has 0 unspecified atom stereocenters. The van der Waals surface area contributed by atoms with Crippen LogP contribution in [-0.2, 0) is 12.8 Å². The van der Waals surface area contributed by atoms with E-state index in [2.05, 4.69) is 11.9 Å². The number of thiazole rings is 1. The molecule has 1 aromatic rings. The molecule has 0 aromatic carbocycles. The monoisotopic (exact) mass is 213 g/mol. The van der Waals surface area contributed by atoms with Crippen molar-refractivity contribution in [1.29, 1.82) is 0 Å². The summed E-state index contributed by atoms with van der Waals surface area (Å²) in [6.07, 6.45) is 8.65. The number of aromatic nitrogens is 1. The summed E-state index contributed by atoms with van der Waals surface area (Å²) in [5.74, 6) is 0. The third-order valence-electron chi connectivity index (χ3n) is 2.15. The Balaban J connectivity index is 2.22. The van der Waals surface area contributed by atoms with Crippen LogP contribution in [0, 0.1) is 0 Å². The quantitative estimate of drug-likeness (QED) is 0.706. The molecule has 1 heterocycles. The van der Waals surface area contributed by atoms with Crippen LogP contribution in [0.1, 0.15) is 42.5 Å². The molecule has 0 radical (unpaired) electrons. The third kappa shape index (κ3) is 4.20. The lowest BCUT2D eigenvalue weighted by Gasteiger charge is -1.95. The molecule has 14 heavy (non-hydrogen) atoms. The third-order valence-corrected chi connectivity index (χ3v) is 3.26. The van der Waals surface area contributed by atoms with Crippen LogP contribution < -0.4 is 0 Å². The lowest BCUT2D eigenvalue weighted by Crippen LogP contribution is -1.85. The van der Waals surface area contributed by atoms with Gasteiger partial charge in [0.05, 0.1) is 5.01 Å². The molecule has 80 valence electrons. The van der Waals surface area contributed by atoms with Crippen LogP contribution in [0.4, 0.5) is 0 Å². The minimum absolute atomic E-state index is 0.323. The standard InChI is InChI=1S/C11H19NOS/c1-2-6-11-12-9-10(14-11)7-4-3-5-8-13/h9,13H,2-8H2,1H3. The molecule has 0 aliphatic heterocycles. The molecule has 0 spiro atoms. The van der Waals surface area contributed by atoms with Gasteiger partial charge in [-0.15, -0.1) is 11.3 Å². The maximum atomic E-state index is 8.63. The largest absolute Gasteiger partial charge is 0.396 e. The zero-order valence-electron chi connectivity index (χ0n) is 8.83. The van der Waals surface area contributed by atoms with E-state index in [9.17, 15) is 0 Å². The zero-order chi connectivity index (χ0) is 10.2. The number of nitrogens with zero attached hydrogens (tertiary/aromatic N) is 1. The minimum atomic E-state index is 0.323. The van der Waals surface area contributed by atoms with Gasteiger partial charge in [-0.3, -0.25) is 0 Å². The Labute approximate surface area is 90.0 Å². The summed E-state index contributed by atoms with van der Waals surface area (Å²) in [5.41, 5.74) is 0. The van der Waals surface area contributed by atoms with E-state index >= 15 is 0 Å². The molecule has 3 heteroatoms. The number of aliphatic hydroxyl groups is 1. The molecule has 0 bridgehead atoms. The number of rotatable bonds is 7. The fourth-order valence-electron chi connectivity index (χ4n) is 1.38. The van der Waals surface area contributed by atoms with Gasteiger partial charge in [-0.2, -0.15) is 0 Å². The van der Waals surface area contributed by atoms with E-state index in [1.165, 1.54) is 22.7 Å². The number of aryl methyl sites for hydroxylation is 2. The average Bonchev–Trinajstić information content (AvgIpc) is 2.61. The summed E-state index contributed by atoms with van der Waals surface area (Å²) in [7, 11) is 0. The highest BCUT2D eigenvalue weighted by molar-refractivity contribution is 7.11. The Kier molecular flexibility index (Phi) is 5.80. The molecular formula is C11H19NOS. The Bertz CT molecular complexity index is 247. The summed E-state index contributed by atoms with van der Waals surface area (Å²) in [5, 5.41) is 9.90. The van der Waals surface area contributed by atoms with Gasteiger partial charge in [-0.1, -0.05) is 13.3 Å². The lowest BCUT2D eigenvalue weighted by atomic mass is 10.2. The van der Waals surface area contributed by atoms with E-state index < -0.39 is 0 Å².